The van der Waals surface area contributed by atoms with Gasteiger partial charge in [-0.15, -0.1) is 0 Å². The third kappa shape index (κ3) is 3.56. The Bertz CT molecular complexity index is 991. The molecule has 0 saturated carbocycles. The fourth-order valence-corrected chi connectivity index (χ4v) is 3.47. The summed E-state index contributed by atoms with van der Waals surface area (Å²) in [5.41, 5.74) is 3.61. The van der Waals surface area contributed by atoms with Gasteiger partial charge < -0.3 is 14.8 Å². The van der Waals surface area contributed by atoms with Gasteiger partial charge >= 0.3 is 0 Å². The standard InChI is InChI=1S/C21H22N4O2/c1-24-18-6-3-2-5-17(18)23-19(24)13-22-21(27)16-10-8-15(9-11-16)14-25-12-4-7-20(25)26/h2-3,5-6,8-11H,4,7,12-14H2,1H3,(H,22,27). The Hall–Kier alpha value is -3.15. The number of nitrogens with one attached hydrogen (secondary N) is 1. The van der Waals surface area contributed by atoms with E-state index < -0.39 is 0 Å². The second kappa shape index (κ2) is 7.23. The minimum absolute atomic E-state index is 0.133. The second-order valence-corrected chi connectivity index (χ2v) is 6.87. The third-order valence-corrected chi connectivity index (χ3v) is 5.05. The molecule has 1 fully saturated rings. The maximum Gasteiger partial charge on any atom is 0.251 e. The molecule has 0 atom stereocenters. The van der Waals surface area contributed by atoms with Gasteiger partial charge in [-0.25, -0.2) is 4.98 Å². The summed E-state index contributed by atoms with van der Waals surface area (Å²) in [6.45, 7) is 1.80. The molecule has 4 rings (SSSR count). The molecular formula is C21H22N4O2. The average molecular weight is 362 g/mol. The molecule has 1 saturated heterocycles. The highest BCUT2D eigenvalue weighted by Crippen LogP contribution is 2.16. The summed E-state index contributed by atoms with van der Waals surface area (Å²) < 4.78 is 1.99. The van der Waals surface area contributed by atoms with Gasteiger partial charge in [0.05, 0.1) is 17.6 Å². The molecule has 0 spiro atoms. The van der Waals surface area contributed by atoms with E-state index in [1.165, 1.54) is 0 Å². The van der Waals surface area contributed by atoms with E-state index in [0.717, 1.165) is 35.4 Å². The van der Waals surface area contributed by atoms with Crippen molar-refractivity contribution < 1.29 is 9.59 Å². The Kier molecular flexibility index (Phi) is 4.62. The van der Waals surface area contributed by atoms with Crippen molar-refractivity contribution in [1.29, 1.82) is 0 Å². The number of para-hydroxylation sites is 2. The van der Waals surface area contributed by atoms with E-state index in [4.69, 9.17) is 0 Å². The number of carbonyl (C=O) groups excluding carboxylic acids is 2. The van der Waals surface area contributed by atoms with Crippen molar-refractivity contribution in [3.05, 3.63) is 65.5 Å². The van der Waals surface area contributed by atoms with Crippen molar-refractivity contribution >= 4 is 22.8 Å². The van der Waals surface area contributed by atoms with E-state index in [0.29, 0.717) is 25.1 Å². The first-order chi connectivity index (χ1) is 13.1. The molecule has 2 heterocycles. The van der Waals surface area contributed by atoms with Crippen molar-refractivity contribution in [2.24, 2.45) is 7.05 Å². The van der Waals surface area contributed by atoms with Crippen LogP contribution in [0.4, 0.5) is 0 Å². The molecule has 3 aromatic rings. The smallest absolute Gasteiger partial charge is 0.251 e. The van der Waals surface area contributed by atoms with E-state index in [-0.39, 0.29) is 11.8 Å². The maximum atomic E-state index is 12.4. The van der Waals surface area contributed by atoms with Crippen LogP contribution in [0.2, 0.25) is 0 Å². The predicted octanol–water partition coefficient (Wildman–Crippen LogP) is 2.63. The van der Waals surface area contributed by atoms with Gasteiger partial charge in [0.1, 0.15) is 5.82 Å². The number of aromatic nitrogens is 2. The first-order valence-corrected chi connectivity index (χ1v) is 9.17. The van der Waals surface area contributed by atoms with E-state index in [2.05, 4.69) is 10.3 Å². The van der Waals surface area contributed by atoms with Crippen LogP contribution in [0.3, 0.4) is 0 Å². The highest BCUT2D eigenvalue weighted by Gasteiger charge is 2.20. The lowest BCUT2D eigenvalue weighted by Crippen LogP contribution is -2.25. The molecule has 138 valence electrons. The van der Waals surface area contributed by atoms with Gasteiger partial charge in [0.25, 0.3) is 5.91 Å². The lowest BCUT2D eigenvalue weighted by molar-refractivity contribution is -0.128. The van der Waals surface area contributed by atoms with E-state index >= 15 is 0 Å². The number of benzene rings is 2. The highest BCUT2D eigenvalue weighted by molar-refractivity contribution is 5.94. The number of rotatable bonds is 5. The zero-order valence-electron chi connectivity index (χ0n) is 15.3. The van der Waals surface area contributed by atoms with Crippen LogP contribution in [-0.2, 0) is 24.9 Å². The van der Waals surface area contributed by atoms with Crippen LogP contribution in [0, 0.1) is 0 Å². The fourth-order valence-electron chi connectivity index (χ4n) is 3.47. The van der Waals surface area contributed by atoms with Crippen molar-refractivity contribution in [2.45, 2.75) is 25.9 Å². The monoisotopic (exact) mass is 362 g/mol. The summed E-state index contributed by atoms with van der Waals surface area (Å²) >= 11 is 0. The molecule has 1 aliphatic rings. The topological polar surface area (TPSA) is 67.2 Å². The maximum absolute atomic E-state index is 12.4. The minimum atomic E-state index is -0.133. The summed E-state index contributed by atoms with van der Waals surface area (Å²) in [5, 5.41) is 2.93. The molecule has 1 aliphatic heterocycles. The van der Waals surface area contributed by atoms with Gasteiger partial charge in [-0.2, -0.15) is 0 Å². The van der Waals surface area contributed by atoms with Gasteiger partial charge in [0, 0.05) is 32.1 Å². The number of nitrogens with zero attached hydrogens (tertiary/aromatic N) is 3. The van der Waals surface area contributed by atoms with Gasteiger partial charge in [-0.3, -0.25) is 9.59 Å². The van der Waals surface area contributed by atoms with Crippen molar-refractivity contribution in [3.8, 4) is 0 Å². The molecular weight excluding hydrogens is 340 g/mol. The number of likely N-dealkylation sites (tertiary alicyclic amines) is 1. The van der Waals surface area contributed by atoms with Gasteiger partial charge in [-0.05, 0) is 36.2 Å². The first kappa shape index (κ1) is 17.3. The van der Waals surface area contributed by atoms with Gasteiger partial charge in [0.2, 0.25) is 5.91 Å². The Balaban J connectivity index is 1.39. The molecule has 0 aliphatic carbocycles. The normalized spacial score (nSPS) is 14.1. The fraction of sp³-hybridized carbons (Fsp3) is 0.286. The summed E-state index contributed by atoms with van der Waals surface area (Å²) in [4.78, 5) is 30.6. The summed E-state index contributed by atoms with van der Waals surface area (Å²) in [6.07, 6.45) is 1.57. The molecule has 0 bridgehead atoms. The SMILES string of the molecule is Cn1c(CNC(=O)c2ccc(CN3CCCC3=O)cc2)nc2ccccc21. The van der Waals surface area contributed by atoms with Crippen molar-refractivity contribution in [2.75, 3.05) is 6.54 Å². The van der Waals surface area contributed by atoms with E-state index in [9.17, 15) is 9.59 Å². The van der Waals surface area contributed by atoms with Crippen LogP contribution in [0.5, 0.6) is 0 Å². The summed E-state index contributed by atoms with van der Waals surface area (Å²) in [7, 11) is 1.95. The summed E-state index contributed by atoms with van der Waals surface area (Å²) in [6, 6.07) is 15.3. The Labute approximate surface area is 157 Å². The average Bonchev–Trinajstić information content (AvgIpc) is 3.24. The Morgan fingerprint density at radius 1 is 1.15 bits per heavy atom. The number of aryl methyl sites for hydroxylation is 1. The number of hydrogen-bond donors (Lipinski definition) is 1. The van der Waals surface area contributed by atoms with Crippen LogP contribution in [0.15, 0.2) is 48.5 Å². The first-order valence-electron chi connectivity index (χ1n) is 9.17. The lowest BCUT2D eigenvalue weighted by atomic mass is 10.1. The molecule has 1 aromatic heterocycles. The zero-order chi connectivity index (χ0) is 18.8. The van der Waals surface area contributed by atoms with E-state index in [1.807, 2.05) is 52.9 Å². The minimum Gasteiger partial charge on any atom is -0.345 e. The summed E-state index contributed by atoms with van der Waals surface area (Å²) in [5.74, 6) is 0.888. The van der Waals surface area contributed by atoms with Crippen molar-refractivity contribution in [3.63, 3.8) is 0 Å². The Morgan fingerprint density at radius 2 is 1.93 bits per heavy atom. The highest BCUT2D eigenvalue weighted by atomic mass is 16.2. The number of fused-ring (bicyclic) bond motifs is 1. The Morgan fingerprint density at radius 3 is 2.63 bits per heavy atom. The van der Waals surface area contributed by atoms with Crippen LogP contribution in [-0.4, -0.2) is 32.8 Å². The molecule has 6 heteroatoms. The molecule has 2 aromatic carbocycles. The molecule has 0 radical (unpaired) electrons. The lowest BCUT2D eigenvalue weighted by Gasteiger charge is -2.15. The zero-order valence-corrected chi connectivity index (χ0v) is 15.3. The van der Waals surface area contributed by atoms with Crippen molar-refractivity contribution in [1.82, 2.24) is 19.8 Å². The molecule has 0 unspecified atom stereocenters. The predicted molar refractivity (Wildman–Crippen MR) is 103 cm³/mol. The van der Waals surface area contributed by atoms with Gasteiger partial charge in [-0.1, -0.05) is 24.3 Å². The van der Waals surface area contributed by atoms with Crippen LogP contribution in [0.1, 0.15) is 34.6 Å². The molecule has 2 amide bonds. The van der Waals surface area contributed by atoms with Crippen LogP contribution in [0.25, 0.3) is 11.0 Å². The third-order valence-electron chi connectivity index (χ3n) is 5.05. The molecule has 27 heavy (non-hydrogen) atoms. The molecule has 6 nitrogen and oxygen atoms in total. The quantitative estimate of drug-likeness (QED) is 0.759. The molecule has 1 N–H and O–H groups in total. The number of carbonyl (C=O) groups is 2. The largest absolute Gasteiger partial charge is 0.345 e. The second-order valence-electron chi connectivity index (χ2n) is 6.87. The number of amides is 2. The van der Waals surface area contributed by atoms with E-state index in [1.54, 1.807) is 12.1 Å². The van der Waals surface area contributed by atoms with Gasteiger partial charge in [0.15, 0.2) is 0 Å². The van der Waals surface area contributed by atoms with Crippen LogP contribution < -0.4 is 5.32 Å². The van der Waals surface area contributed by atoms with Crippen LogP contribution >= 0.6 is 0 Å². The number of hydrogen-bond acceptors (Lipinski definition) is 3. The number of imidazole rings is 1.